The molecular formula is C16H16N2O3. The summed E-state index contributed by atoms with van der Waals surface area (Å²) in [6.45, 7) is 1.51. The number of benzene rings is 1. The molecule has 0 aliphatic carbocycles. The number of nitrogens with zero attached hydrogens (tertiary/aromatic N) is 2. The average molecular weight is 284 g/mol. The van der Waals surface area contributed by atoms with Crippen molar-refractivity contribution in [2.45, 2.75) is 19.4 Å². The first-order chi connectivity index (χ1) is 10.2. The van der Waals surface area contributed by atoms with E-state index in [1.54, 1.807) is 13.4 Å². The van der Waals surface area contributed by atoms with Gasteiger partial charge in [-0.05, 0) is 42.0 Å². The van der Waals surface area contributed by atoms with E-state index in [1.807, 2.05) is 36.4 Å². The molecule has 1 amide bonds. The van der Waals surface area contributed by atoms with Gasteiger partial charge in [-0.25, -0.2) is 5.01 Å². The molecule has 1 aliphatic rings. The van der Waals surface area contributed by atoms with E-state index in [-0.39, 0.29) is 11.9 Å². The number of ether oxygens (including phenoxy) is 1. The molecule has 0 saturated heterocycles. The number of furan rings is 1. The van der Waals surface area contributed by atoms with Crippen LogP contribution in [-0.4, -0.2) is 23.7 Å². The number of carbonyl (C=O) groups excluding carboxylic acids is 1. The molecule has 1 aromatic carbocycles. The van der Waals surface area contributed by atoms with Crippen molar-refractivity contribution in [3.63, 3.8) is 0 Å². The van der Waals surface area contributed by atoms with E-state index in [4.69, 9.17) is 9.15 Å². The van der Waals surface area contributed by atoms with Crippen LogP contribution in [0.3, 0.4) is 0 Å². The molecule has 0 radical (unpaired) electrons. The van der Waals surface area contributed by atoms with Crippen molar-refractivity contribution in [3.8, 4) is 5.75 Å². The molecule has 1 aromatic heterocycles. The molecule has 108 valence electrons. The zero-order chi connectivity index (χ0) is 14.8. The fourth-order valence-corrected chi connectivity index (χ4v) is 2.46. The Kier molecular flexibility index (Phi) is 3.48. The van der Waals surface area contributed by atoms with E-state index >= 15 is 0 Å². The van der Waals surface area contributed by atoms with Gasteiger partial charge < -0.3 is 9.15 Å². The van der Waals surface area contributed by atoms with Crippen molar-refractivity contribution in [2.24, 2.45) is 5.10 Å². The lowest BCUT2D eigenvalue weighted by Crippen LogP contribution is -2.23. The third-order valence-corrected chi connectivity index (χ3v) is 3.53. The van der Waals surface area contributed by atoms with Crippen LogP contribution in [0.2, 0.25) is 0 Å². The van der Waals surface area contributed by atoms with Crippen molar-refractivity contribution < 1.29 is 13.9 Å². The predicted molar refractivity (Wildman–Crippen MR) is 78.1 cm³/mol. The normalized spacial score (nSPS) is 17.7. The molecule has 1 aliphatic heterocycles. The van der Waals surface area contributed by atoms with Gasteiger partial charge in [0.15, 0.2) is 0 Å². The molecule has 2 heterocycles. The molecule has 0 spiro atoms. The Bertz CT molecular complexity index is 659. The van der Waals surface area contributed by atoms with E-state index in [0.29, 0.717) is 6.42 Å². The van der Waals surface area contributed by atoms with Gasteiger partial charge in [-0.3, -0.25) is 4.79 Å². The van der Waals surface area contributed by atoms with Crippen LogP contribution >= 0.6 is 0 Å². The Morgan fingerprint density at radius 3 is 2.67 bits per heavy atom. The minimum atomic E-state index is -0.172. The Balaban J connectivity index is 1.89. The van der Waals surface area contributed by atoms with Gasteiger partial charge in [0.1, 0.15) is 17.6 Å². The van der Waals surface area contributed by atoms with Gasteiger partial charge in [0.05, 0.1) is 19.1 Å². The van der Waals surface area contributed by atoms with E-state index in [2.05, 4.69) is 5.10 Å². The molecule has 2 aromatic rings. The highest BCUT2D eigenvalue weighted by Gasteiger charge is 2.33. The van der Waals surface area contributed by atoms with Crippen LogP contribution in [-0.2, 0) is 4.79 Å². The molecule has 1 atom stereocenters. The lowest BCUT2D eigenvalue weighted by atomic mass is 10.0. The van der Waals surface area contributed by atoms with Crippen LogP contribution in [0.5, 0.6) is 5.75 Å². The van der Waals surface area contributed by atoms with Crippen molar-refractivity contribution in [1.29, 1.82) is 0 Å². The monoisotopic (exact) mass is 284 g/mol. The number of methoxy groups -OCH3 is 1. The first-order valence-electron chi connectivity index (χ1n) is 6.74. The Morgan fingerprint density at radius 1 is 1.33 bits per heavy atom. The van der Waals surface area contributed by atoms with Crippen molar-refractivity contribution in [1.82, 2.24) is 5.01 Å². The predicted octanol–water partition coefficient (Wildman–Crippen LogP) is 2.99. The topological polar surface area (TPSA) is 55.0 Å². The highest BCUT2D eigenvalue weighted by molar-refractivity contribution is 6.03. The molecule has 0 N–H and O–H groups in total. The molecule has 1 unspecified atom stereocenters. The number of hydrazone groups is 1. The Hall–Kier alpha value is -2.56. The Morgan fingerprint density at radius 2 is 2.10 bits per heavy atom. The highest BCUT2D eigenvalue weighted by atomic mass is 16.5. The molecule has 0 fully saturated rings. The summed E-state index contributed by atoms with van der Waals surface area (Å²) >= 11 is 0. The number of rotatable bonds is 3. The first-order valence-corrected chi connectivity index (χ1v) is 6.74. The summed E-state index contributed by atoms with van der Waals surface area (Å²) in [5.74, 6) is 1.45. The van der Waals surface area contributed by atoms with Crippen LogP contribution < -0.4 is 4.74 Å². The minimum absolute atomic E-state index is 0.0973. The maximum atomic E-state index is 11.8. The van der Waals surface area contributed by atoms with Gasteiger partial charge in [0.2, 0.25) is 5.91 Å². The second-order valence-electron chi connectivity index (χ2n) is 4.87. The quantitative estimate of drug-likeness (QED) is 0.870. The van der Waals surface area contributed by atoms with Gasteiger partial charge in [0.25, 0.3) is 0 Å². The maximum Gasteiger partial charge on any atom is 0.240 e. The van der Waals surface area contributed by atoms with Crippen LogP contribution in [0.15, 0.2) is 52.2 Å². The molecule has 3 rings (SSSR count). The van der Waals surface area contributed by atoms with Crippen LogP contribution in [0.1, 0.15) is 30.7 Å². The summed E-state index contributed by atoms with van der Waals surface area (Å²) in [5.41, 5.74) is 1.85. The lowest BCUT2D eigenvalue weighted by Gasteiger charge is -2.17. The standard InChI is InChI=1S/C16H16N2O3/c1-11(19)18-15(16-4-3-9-21-16)10-14(17-18)12-5-7-13(20-2)8-6-12/h3-9,15H,10H2,1-2H3. The summed E-state index contributed by atoms with van der Waals surface area (Å²) in [6, 6.07) is 11.2. The summed E-state index contributed by atoms with van der Waals surface area (Å²) < 4.78 is 10.6. The lowest BCUT2D eigenvalue weighted by molar-refractivity contribution is -0.130. The zero-order valence-corrected chi connectivity index (χ0v) is 11.9. The Labute approximate surface area is 122 Å². The second kappa shape index (κ2) is 5.44. The molecule has 21 heavy (non-hydrogen) atoms. The highest BCUT2D eigenvalue weighted by Crippen LogP contribution is 2.33. The zero-order valence-electron chi connectivity index (χ0n) is 11.9. The van der Waals surface area contributed by atoms with Crippen molar-refractivity contribution >= 4 is 11.6 Å². The SMILES string of the molecule is COc1ccc(C2=NN(C(C)=O)C(c3ccco3)C2)cc1. The third kappa shape index (κ3) is 2.54. The molecule has 0 bridgehead atoms. The summed E-state index contributed by atoms with van der Waals surface area (Å²) in [7, 11) is 1.63. The fourth-order valence-electron chi connectivity index (χ4n) is 2.46. The third-order valence-electron chi connectivity index (χ3n) is 3.53. The first kappa shape index (κ1) is 13.4. The van der Waals surface area contributed by atoms with E-state index < -0.39 is 0 Å². The maximum absolute atomic E-state index is 11.8. The second-order valence-corrected chi connectivity index (χ2v) is 4.87. The van der Waals surface area contributed by atoms with Gasteiger partial charge in [-0.1, -0.05) is 0 Å². The van der Waals surface area contributed by atoms with Crippen LogP contribution in [0, 0.1) is 0 Å². The largest absolute Gasteiger partial charge is 0.497 e. The summed E-state index contributed by atoms with van der Waals surface area (Å²) in [5, 5.41) is 5.93. The average Bonchev–Trinajstić information content (AvgIpc) is 3.16. The van der Waals surface area contributed by atoms with Crippen LogP contribution in [0.25, 0.3) is 0 Å². The summed E-state index contributed by atoms with van der Waals surface area (Å²) in [6.07, 6.45) is 2.25. The smallest absolute Gasteiger partial charge is 0.240 e. The molecule has 0 saturated carbocycles. The van der Waals surface area contributed by atoms with E-state index in [0.717, 1.165) is 22.8 Å². The van der Waals surface area contributed by atoms with Gasteiger partial charge >= 0.3 is 0 Å². The summed E-state index contributed by atoms with van der Waals surface area (Å²) in [4.78, 5) is 11.8. The molecule has 5 heteroatoms. The number of carbonyl (C=O) groups is 1. The minimum Gasteiger partial charge on any atom is -0.497 e. The van der Waals surface area contributed by atoms with Gasteiger partial charge in [-0.15, -0.1) is 0 Å². The number of hydrogen-bond acceptors (Lipinski definition) is 4. The van der Waals surface area contributed by atoms with Crippen molar-refractivity contribution in [3.05, 3.63) is 54.0 Å². The van der Waals surface area contributed by atoms with E-state index in [9.17, 15) is 4.79 Å². The van der Waals surface area contributed by atoms with E-state index in [1.165, 1.54) is 11.9 Å². The van der Waals surface area contributed by atoms with Gasteiger partial charge in [-0.2, -0.15) is 5.10 Å². The number of hydrogen-bond donors (Lipinski definition) is 0. The van der Waals surface area contributed by atoms with Gasteiger partial charge in [0, 0.05) is 13.3 Å². The fraction of sp³-hybridized carbons (Fsp3) is 0.250. The van der Waals surface area contributed by atoms with Crippen LogP contribution in [0.4, 0.5) is 0 Å². The van der Waals surface area contributed by atoms with Crippen molar-refractivity contribution in [2.75, 3.05) is 7.11 Å². The molecule has 5 nitrogen and oxygen atoms in total. The number of amides is 1. The molecular weight excluding hydrogens is 268 g/mol.